The number of carbonyl (C=O) groups excluding carboxylic acids is 1. The van der Waals surface area contributed by atoms with Crippen LogP contribution in [0.3, 0.4) is 0 Å². The van der Waals surface area contributed by atoms with Crippen molar-refractivity contribution in [1.82, 2.24) is 4.98 Å². The molecule has 110 valence electrons. The van der Waals surface area contributed by atoms with Crippen LogP contribution in [0.25, 0.3) is 11.1 Å². The zero-order chi connectivity index (χ0) is 14.4. The molecule has 1 aromatic carbocycles. The second-order valence-electron chi connectivity index (χ2n) is 6.33. The molecule has 0 atom stereocenters. The quantitative estimate of drug-likeness (QED) is 0.908. The maximum Gasteiger partial charge on any atom is 0.244 e. The number of anilines is 1. The van der Waals surface area contributed by atoms with Crippen molar-refractivity contribution in [2.24, 2.45) is 5.73 Å². The van der Waals surface area contributed by atoms with Crippen molar-refractivity contribution < 1.29 is 9.21 Å². The van der Waals surface area contributed by atoms with Gasteiger partial charge in [-0.25, -0.2) is 4.98 Å². The van der Waals surface area contributed by atoms with Crippen LogP contribution in [0.4, 0.5) is 5.69 Å². The number of amides is 1. The summed E-state index contributed by atoms with van der Waals surface area (Å²) in [5.74, 6) is 1.21. The Hall–Kier alpha value is -1.88. The Labute approximate surface area is 122 Å². The monoisotopic (exact) mass is 285 g/mol. The number of rotatable bonds is 3. The first-order valence-corrected chi connectivity index (χ1v) is 7.65. The highest BCUT2D eigenvalue weighted by atomic mass is 16.3. The van der Waals surface area contributed by atoms with Crippen LogP contribution in [0.5, 0.6) is 0 Å². The third-order valence-electron chi connectivity index (χ3n) is 4.54. The van der Waals surface area contributed by atoms with E-state index in [9.17, 15) is 4.79 Å². The molecule has 0 radical (unpaired) electrons. The molecule has 21 heavy (non-hydrogen) atoms. The van der Waals surface area contributed by atoms with Gasteiger partial charge in [-0.3, -0.25) is 4.79 Å². The minimum absolute atomic E-state index is 0.0924. The first kappa shape index (κ1) is 12.8. The average molecular weight is 285 g/mol. The number of benzene rings is 1. The Bertz CT molecular complexity index is 697. The van der Waals surface area contributed by atoms with E-state index >= 15 is 0 Å². The molecular formula is C16H19N3O2. The normalized spacial score (nSPS) is 20.8. The fourth-order valence-electron chi connectivity index (χ4n) is 3.02. The third-order valence-corrected chi connectivity index (χ3v) is 4.54. The van der Waals surface area contributed by atoms with E-state index < -0.39 is 5.54 Å². The summed E-state index contributed by atoms with van der Waals surface area (Å²) in [5.41, 5.74) is 7.77. The first-order chi connectivity index (χ1) is 10.1. The van der Waals surface area contributed by atoms with E-state index in [1.54, 1.807) is 0 Å². The molecule has 5 nitrogen and oxygen atoms in total. The largest absolute Gasteiger partial charge is 0.440 e. The number of fused-ring (bicyclic) bond motifs is 1. The lowest BCUT2D eigenvalue weighted by Gasteiger charge is -2.22. The number of nitrogens with two attached hydrogens (primary N) is 1. The summed E-state index contributed by atoms with van der Waals surface area (Å²) in [7, 11) is 0. The molecule has 2 aromatic rings. The molecule has 4 rings (SSSR count). The summed E-state index contributed by atoms with van der Waals surface area (Å²) in [6.45, 7) is 0. The predicted molar refractivity (Wildman–Crippen MR) is 80.0 cm³/mol. The van der Waals surface area contributed by atoms with E-state index in [1.165, 1.54) is 0 Å². The van der Waals surface area contributed by atoms with Crippen LogP contribution in [0.15, 0.2) is 22.6 Å². The van der Waals surface area contributed by atoms with Crippen LogP contribution in [0.2, 0.25) is 0 Å². The summed E-state index contributed by atoms with van der Waals surface area (Å²) in [5, 5.41) is 2.93. The van der Waals surface area contributed by atoms with E-state index in [1.807, 2.05) is 18.2 Å². The maximum absolute atomic E-state index is 12.3. The van der Waals surface area contributed by atoms with Crippen molar-refractivity contribution in [2.45, 2.75) is 50.0 Å². The minimum Gasteiger partial charge on any atom is -0.440 e. The number of aromatic nitrogens is 1. The molecule has 5 heteroatoms. The van der Waals surface area contributed by atoms with Crippen LogP contribution in [-0.4, -0.2) is 16.4 Å². The van der Waals surface area contributed by atoms with Gasteiger partial charge in [-0.2, -0.15) is 0 Å². The summed E-state index contributed by atoms with van der Waals surface area (Å²) < 4.78 is 5.72. The van der Waals surface area contributed by atoms with Gasteiger partial charge in [0.1, 0.15) is 5.52 Å². The lowest BCUT2D eigenvalue weighted by molar-refractivity contribution is -0.121. The number of nitrogens with one attached hydrogen (secondary N) is 1. The summed E-state index contributed by atoms with van der Waals surface area (Å²) >= 11 is 0. The first-order valence-electron chi connectivity index (χ1n) is 7.65. The smallest absolute Gasteiger partial charge is 0.244 e. The van der Waals surface area contributed by atoms with Crippen LogP contribution in [0.1, 0.15) is 50.3 Å². The van der Waals surface area contributed by atoms with Crippen LogP contribution >= 0.6 is 0 Å². The third kappa shape index (κ3) is 2.31. The fourth-order valence-corrected chi connectivity index (χ4v) is 3.02. The Balaban J connectivity index is 1.57. The molecule has 0 saturated heterocycles. The molecule has 0 spiro atoms. The molecule has 1 aromatic heterocycles. The van der Waals surface area contributed by atoms with Crippen molar-refractivity contribution in [2.75, 3.05) is 5.32 Å². The Morgan fingerprint density at radius 1 is 1.33 bits per heavy atom. The van der Waals surface area contributed by atoms with Crippen LogP contribution in [-0.2, 0) is 4.79 Å². The van der Waals surface area contributed by atoms with Gasteiger partial charge in [-0.1, -0.05) is 12.8 Å². The fraction of sp³-hybridized carbons (Fsp3) is 0.500. The number of oxazole rings is 1. The van der Waals surface area contributed by atoms with Crippen LogP contribution < -0.4 is 11.1 Å². The molecule has 2 aliphatic carbocycles. The molecule has 0 bridgehead atoms. The molecule has 0 unspecified atom stereocenters. The molecule has 1 amide bonds. The van der Waals surface area contributed by atoms with Gasteiger partial charge in [-0.15, -0.1) is 0 Å². The zero-order valence-corrected chi connectivity index (χ0v) is 11.9. The average Bonchev–Trinajstić information content (AvgIpc) is 3.08. The van der Waals surface area contributed by atoms with E-state index in [0.717, 1.165) is 61.2 Å². The van der Waals surface area contributed by atoms with Gasteiger partial charge in [0, 0.05) is 11.6 Å². The lowest BCUT2D eigenvalue weighted by Crippen LogP contribution is -2.48. The lowest BCUT2D eigenvalue weighted by atomic mass is 9.98. The molecule has 2 aliphatic rings. The highest BCUT2D eigenvalue weighted by Gasteiger charge is 2.37. The molecule has 1 heterocycles. The Morgan fingerprint density at radius 3 is 2.81 bits per heavy atom. The second-order valence-corrected chi connectivity index (χ2v) is 6.33. The Kier molecular flexibility index (Phi) is 2.79. The van der Waals surface area contributed by atoms with E-state index in [0.29, 0.717) is 5.92 Å². The van der Waals surface area contributed by atoms with E-state index in [-0.39, 0.29) is 5.91 Å². The number of carbonyl (C=O) groups is 1. The standard InChI is InChI=1S/C16H19N3O2/c17-16(7-1-2-8-16)15(20)18-11-5-6-13-12(9-11)19-14(21-13)10-3-4-10/h5-6,9-10H,1-4,7-8,17H2,(H,18,20). The van der Waals surface area contributed by atoms with Gasteiger partial charge < -0.3 is 15.5 Å². The topological polar surface area (TPSA) is 81.2 Å². The van der Waals surface area contributed by atoms with E-state index in [2.05, 4.69) is 10.3 Å². The minimum atomic E-state index is -0.710. The summed E-state index contributed by atoms with van der Waals surface area (Å²) in [6, 6.07) is 5.57. The van der Waals surface area contributed by atoms with Crippen molar-refractivity contribution in [3.8, 4) is 0 Å². The molecule has 2 fully saturated rings. The van der Waals surface area contributed by atoms with Gasteiger partial charge in [0.25, 0.3) is 0 Å². The van der Waals surface area contributed by atoms with Gasteiger partial charge in [0.15, 0.2) is 11.5 Å². The van der Waals surface area contributed by atoms with E-state index in [4.69, 9.17) is 10.2 Å². The SMILES string of the molecule is NC1(C(=O)Nc2ccc3oc(C4CC4)nc3c2)CCCC1. The van der Waals surface area contributed by atoms with Gasteiger partial charge in [0.05, 0.1) is 5.54 Å². The maximum atomic E-state index is 12.3. The van der Waals surface area contributed by atoms with Gasteiger partial charge >= 0.3 is 0 Å². The number of hydrogen-bond acceptors (Lipinski definition) is 4. The second kappa shape index (κ2) is 4.56. The highest BCUT2D eigenvalue weighted by molar-refractivity contribution is 5.99. The highest BCUT2D eigenvalue weighted by Crippen LogP contribution is 2.40. The zero-order valence-electron chi connectivity index (χ0n) is 11.9. The molecule has 0 aliphatic heterocycles. The van der Waals surface area contributed by atoms with Crippen molar-refractivity contribution in [3.63, 3.8) is 0 Å². The molecule has 3 N–H and O–H groups in total. The molecule has 2 saturated carbocycles. The Morgan fingerprint density at radius 2 is 2.10 bits per heavy atom. The number of hydrogen-bond donors (Lipinski definition) is 2. The van der Waals surface area contributed by atoms with Gasteiger partial charge in [0.2, 0.25) is 5.91 Å². The van der Waals surface area contributed by atoms with Crippen molar-refractivity contribution in [1.29, 1.82) is 0 Å². The van der Waals surface area contributed by atoms with Gasteiger partial charge in [-0.05, 0) is 43.9 Å². The molecular weight excluding hydrogens is 266 g/mol. The van der Waals surface area contributed by atoms with Crippen molar-refractivity contribution >= 4 is 22.7 Å². The van der Waals surface area contributed by atoms with Crippen molar-refractivity contribution in [3.05, 3.63) is 24.1 Å². The summed E-state index contributed by atoms with van der Waals surface area (Å²) in [6.07, 6.45) is 5.89. The predicted octanol–water partition coefficient (Wildman–Crippen LogP) is 2.92. The summed E-state index contributed by atoms with van der Waals surface area (Å²) in [4.78, 5) is 16.8. The number of nitrogens with zero attached hydrogens (tertiary/aromatic N) is 1. The van der Waals surface area contributed by atoms with Crippen LogP contribution in [0, 0.1) is 0 Å².